The second kappa shape index (κ2) is 6.78. The molecule has 0 unspecified atom stereocenters. The molecule has 0 radical (unpaired) electrons. The lowest BCUT2D eigenvalue weighted by Crippen LogP contribution is -2.10. The van der Waals surface area contributed by atoms with Gasteiger partial charge in [-0.25, -0.2) is 24.9 Å². The molecule has 1 aliphatic carbocycles. The highest BCUT2D eigenvalue weighted by Gasteiger charge is 2.32. The second-order valence-electron chi connectivity index (χ2n) is 6.14. The van der Waals surface area contributed by atoms with Crippen LogP contribution in [0.1, 0.15) is 24.5 Å². The largest absolute Gasteiger partial charge is 0.480 e. The molecule has 0 N–H and O–H groups in total. The van der Waals surface area contributed by atoms with Gasteiger partial charge in [-0.3, -0.25) is 0 Å². The minimum Gasteiger partial charge on any atom is -0.480 e. The standard InChI is InChI=1S/C16H16N6O5S/c1-25-9-6-17-14-12(20-9)16(27-28(3,23)24)22-13(21-14)10-11(8-4-5-8)18-7-19-15(10)26-2/h6-8H,4-5H2,1-3H3. The summed E-state index contributed by atoms with van der Waals surface area (Å²) in [6.45, 7) is 0. The topological polar surface area (TPSA) is 139 Å². The van der Waals surface area contributed by atoms with Crippen molar-refractivity contribution in [2.75, 3.05) is 20.5 Å². The fraction of sp³-hybridized carbons (Fsp3) is 0.375. The number of rotatable bonds is 6. The Morgan fingerprint density at radius 2 is 1.79 bits per heavy atom. The third kappa shape index (κ3) is 3.50. The van der Waals surface area contributed by atoms with Gasteiger partial charge in [-0.2, -0.15) is 13.4 Å². The van der Waals surface area contributed by atoms with Crippen LogP contribution in [0.4, 0.5) is 0 Å². The van der Waals surface area contributed by atoms with Gasteiger partial charge in [0, 0.05) is 5.92 Å². The van der Waals surface area contributed by atoms with Gasteiger partial charge in [0.2, 0.25) is 11.8 Å². The van der Waals surface area contributed by atoms with Gasteiger partial charge in [-0.1, -0.05) is 0 Å². The Balaban J connectivity index is 1.99. The van der Waals surface area contributed by atoms with Gasteiger partial charge in [-0.05, 0) is 12.8 Å². The average Bonchev–Trinajstić information content (AvgIpc) is 3.51. The van der Waals surface area contributed by atoms with E-state index in [-0.39, 0.29) is 40.5 Å². The maximum Gasteiger partial charge on any atom is 0.307 e. The van der Waals surface area contributed by atoms with E-state index in [0.717, 1.165) is 24.8 Å². The Bertz CT molecular complexity index is 1170. The first kappa shape index (κ1) is 18.2. The number of ether oxygens (including phenoxy) is 2. The van der Waals surface area contributed by atoms with Crippen molar-refractivity contribution in [3.05, 3.63) is 18.2 Å². The van der Waals surface area contributed by atoms with Crippen LogP contribution in [0.3, 0.4) is 0 Å². The highest BCUT2D eigenvalue weighted by atomic mass is 32.2. The van der Waals surface area contributed by atoms with Crippen LogP contribution in [-0.4, -0.2) is 58.8 Å². The van der Waals surface area contributed by atoms with E-state index in [4.69, 9.17) is 13.7 Å². The number of aromatic nitrogens is 6. The molecule has 0 aliphatic heterocycles. The molecule has 0 aromatic carbocycles. The molecule has 146 valence electrons. The summed E-state index contributed by atoms with van der Waals surface area (Å²) in [5, 5.41) is 0. The molecular weight excluding hydrogens is 388 g/mol. The molecule has 0 spiro atoms. The van der Waals surface area contributed by atoms with Crippen LogP contribution in [0, 0.1) is 0 Å². The minimum atomic E-state index is -3.88. The SMILES string of the molecule is COc1cnc2nc(-c3c(OC)ncnc3C3CC3)nc(OS(C)(=O)=O)c2n1. The lowest BCUT2D eigenvalue weighted by molar-refractivity contribution is 0.396. The van der Waals surface area contributed by atoms with E-state index < -0.39 is 10.1 Å². The molecule has 0 bridgehead atoms. The molecule has 0 atom stereocenters. The monoisotopic (exact) mass is 404 g/mol. The molecule has 1 aliphatic rings. The molecule has 0 saturated heterocycles. The smallest absolute Gasteiger partial charge is 0.307 e. The average molecular weight is 404 g/mol. The zero-order valence-electron chi connectivity index (χ0n) is 15.3. The Labute approximate surface area is 160 Å². The summed E-state index contributed by atoms with van der Waals surface area (Å²) < 4.78 is 38.9. The molecule has 12 heteroatoms. The van der Waals surface area contributed by atoms with E-state index >= 15 is 0 Å². The highest BCUT2D eigenvalue weighted by molar-refractivity contribution is 7.86. The van der Waals surface area contributed by atoms with Gasteiger partial charge < -0.3 is 13.7 Å². The van der Waals surface area contributed by atoms with E-state index in [9.17, 15) is 8.42 Å². The lowest BCUT2D eigenvalue weighted by Gasteiger charge is -2.12. The number of hydrogen-bond donors (Lipinski definition) is 0. The second-order valence-corrected chi connectivity index (χ2v) is 7.72. The third-order valence-electron chi connectivity index (χ3n) is 4.02. The molecule has 3 aromatic heterocycles. The van der Waals surface area contributed by atoms with Crippen LogP contribution < -0.4 is 13.7 Å². The highest BCUT2D eigenvalue weighted by Crippen LogP contribution is 2.45. The molecule has 11 nitrogen and oxygen atoms in total. The van der Waals surface area contributed by atoms with Crippen molar-refractivity contribution < 1.29 is 22.1 Å². The fourth-order valence-electron chi connectivity index (χ4n) is 2.69. The van der Waals surface area contributed by atoms with Gasteiger partial charge in [0.25, 0.3) is 5.88 Å². The summed E-state index contributed by atoms with van der Waals surface area (Å²) in [4.78, 5) is 25.5. The molecular formula is C16H16N6O5S. The number of methoxy groups -OCH3 is 2. The van der Waals surface area contributed by atoms with Crippen molar-refractivity contribution >= 4 is 21.3 Å². The lowest BCUT2D eigenvalue weighted by atomic mass is 10.1. The quantitative estimate of drug-likeness (QED) is 0.546. The first-order chi connectivity index (χ1) is 13.4. The van der Waals surface area contributed by atoms with Crippen molar-refractivity contribution in [2.24, 2.45) is 0 Å². The molecule has 3 aromatic rings. The zero-order valence-corrected chi connectivity index (χ0v) is 16.1. The number of nitrogens with zero attached hydrogens (tertiary/aromatic N) is 6. The first-order valence-corrected chi connectivity index (χ1v) is 10.1. The van der Waals surface area contributed by atoms with Crippen molar-refractivity contribution in [1.29, 1.82) is 0 Å². The summed E-state index contributed by atoms with van der Waals surface area (Å²) >= 11 is 0. The van der Waals surface area contributed by atoms with Crippen molar-refractivity contribution in [2.45, 2.75) is 18.8 Å². The maximum atomic E-state index is 11.7. The van der Waals surface area contributed by atoms with Crippen LogP contribution >= 0.6 is 0 Å². The van der Waals surface area contributed by atoms with E-state index in [2.05, 4.69) is 29.9 Å². The molecule has 1 fully saturated rings. The molecule has 4 rings (SSSR count). The van der Waals surface area contributed by atoms with Gasteiger partial charge in [0.05, 0.1) is 32.4 Å². The van der Waals surface area contributed by atoms with E-state index in [1.807, 2.05) is 0 Å². The summed E-state index contributed by atoms with van der Waals surface area (Å²) in [6.07, 6.45) is 5.64. The van der Waals surface area contributed by atoms with Crippen LogP contribution in [0.15, 0.2) is 12.5 Å². The van der Waals surface area contributed by atoms with Crippen LogP contribution in [0.5, 0.6) is 17.6 Å². The van der Waals surface area contributed by atoms with E-state index in [1.165, 1.54) is 26.7 Å². The summed E-state index contributed by atoms with van der Waals surface area (Å²) in [6, 6.07) is 0. The van der Waals surface area contributed by atoms with Crippen molar-refractivity contribution in [1.82, 2.24) is 29.9 Å². The normalized spacial score (nSPS) is 14.1. The van der Waals surface area contributed by atoms with Gasteiger partial charge in [0.1, 0.15) is 11.9 Å². The zero-order chi connectivity index (χ0) is 19.9. The van der Waals surface area contributed by atoms with E-state index in [1.54, 1.807) is 0 Å². The summed E-state index contributed by atoms with van der Waals surface area (Å²) in [7, 11) is -0.991. The fourth-order valence-corrected chi connectivity index (χ4v) is 3.09. The van der Waals surface area contributed by atoms with Crippen LogP contribution in [0.2, 0.25) is 0 Å². The predicted octanol–water partition coefficient (Wildman–Crippen LogP) is 1.11. The number of fused-ring (bicyclic) bond motifs is 1. The Hall–Kier alpha value is -3.15. The predicted molar refractivity (Wildman–Crippen MR) is 96.7 cm³/mol. The van der Waals surface area contributed by atoms with Gasteiger partial charge >= 0.3 is 10.1 Å². The van der Waals surface area contributed by atoms with Gasteiger partial charge in [0.15, 0.2) is 17.0 Å². The van der Waals surface area contributed by atoms with Crippen LogP contribution in [-0.2, 0) is 10.1 Å². The maximum absolute atomic E-state index is 11.7. The number of hydrogen-bond acceptors (Lipinski definition) is 11. The summed E-state index contributed by atoms with van der Waals surface area (Å²) in [5.41, 5.74) is 1.40. The molecule has 1 saturated carbocycles. The van der Waals surface area contributed by atoms with E-state index in [0.29, 0.717) is 5.56 Å². The third-order valence-corrected chi connectivity index (χ3v) is 4.48. The minimum absolute atomic E-state index is 0.0531. The molecule has 3 heterocycles. The Morgan fingerprint density at radius 1 is 1.00 bits per heavy atom. The first-order valence-electron chi connectivity index (χ1n) is 8.27. The summed E-state index contributed by atoms with van der Waals surface area (Å²) in [5.74, 6) is 0.573. The van der Waals surface area contributed by atoms with Crippen molar-refractivity contribution in [3.8, 4) is 29.0 Å². The van der Waals surface area contributed by atoms with Crippen LogP contribution in [0.25, 0.3) is 22.6 Å². The Kier molecular flexibility index (Phi) is 4.41. The van der Waals surface area contributed by atoms with Crippen molar-refractivity contribution in [3.63, 3.8) is 0 Å². The molecule has 0 amide bonds. The van der Waals surface area contributed by atoms with Gasteiger partial charge in [-0.15, -0.1) is 0 Å². The Morgan fingerprint density at radius 3 is 2.43 bits per heavy atom. The molecule has 28 heavy (non-hydrogen) atoms.